The van der Waals surface area contributed by atoms with Gasteiger partial charge in [0.2, 0.25) is 0 Å². The molecule has 1 aromatic carbocycles. The average Bonchev–Trinajstić information content (AvgIpc) is 2.94. The first-order chi connectivity index (χ1) is 11.0. The number of hydrogen-bond donors (Lipinski definition) is 1. The topological polar surface area (TPSA) is 73.2 Å². The summed E-state index contributed by atoms with van der Waals surface area (Å²) in [5, 5.41) is 6.69. The molecule has 1 amide bonds. The van der Waals surface area contributed by atoms with E-state index in [1.54, 1.807) is 20.2 Å². The van der Waals surface area contributed by atoms with E-state index in [0.717, 1.165) is 0 Å². The van der Waals surface area contributed by atoms with Crippen LogP contribution in [0.15, 0.2) is 36.7 Å². The number of rotatable bonds is 6. The van der Waals surface area contributed by atoms with Crippen molar-refractivity contribution in [1.29, 1.82) is 0 Å². The van der Waals surface area contributed by atoms with Crippen LogP contribution in [0.4, 0.5) is 4.39 Å². The molecule has 1 heterocycles. The second kappa shape index (κ2) is 7.53. The standard InChI is InChI=1S/C16H18FN3O3/c1-3-23-15(21)8-14(11-4-6-13(17)7-5-11)19-16(22)12-9-18-20(2)10-12/h4-7,9-10,14H,3,8H2,1-2H3,(H,19,22)/t14-/m1/s1. The molecule has 23 heavy (non-hydrogen) atoms. The van der Waals surface area contributed by atoms with Crippen molar-refractivity contribution in [1.82, 2.24) is 15.1 Å². The smallest absolute Gasteiger partial charge is 0.308 e. The zero-order valence-corrected chi connectivity index (χ0v) is 13.0. The van der Waals surface area contributed by atoms with Gasteiger partial charge in [0.05, 0.1) is 30.8 Å². The van der Waals surface area contributed by atoms with E-state index in [0.29, 0.717) is 11.1 Å². The van der Waals surface area contributed by atoms with Crippen molar-refractivity contribution in [2.45, 2.75) is 19.4 Å². The van der Waals surface area contributed by atoms with Crippen LogP contribution in [0.5, 0.6) is 0 Å². The highest BCUT2D eigenvalue weighted by atomic mass is 19.1. The molecule has 122 valence electrons. The molecule has 0 unspecified atom stereocenters. The number of amides is 1. The maximum atomic E-state index is 13.1. The number of esters is 1. The second-order valence-electron chi connectivity index (χ2n) is 4.99. The molecule has 0 radical (unpaired) electrons. The molecule has 2 aromatic rings. The first-order valence-corrected chi connectivity index (χ1v) is 7.20. The molecule has 0 bridgehead atoms. The molecule has 1 atom stereocenters. The number of carbonyl (C=O) groups is 2. The minimum absolute atomic E-state index is 0.0362. The fourth-order valence-electron chi connectivity index (χ4n) is 2.11. The third-order valence-electron chi connectivity index (χ3n) is 3.22. The van der Waals surface area contributed by atoms with E-state index >= 15 is 0 Å². The van der Waals surface area contributed by atoms with Gasteiger partial charge in [0, 0.05) is 13.2 Å². The molecule has 7 heteroatoms. The maximum absolute atomic E-state index is 13.1. The second-order valence-corrected chi connectivity index (χ2v) is 4.99. The van der Waals surface area contributed by atoms with E-state index in [4.69, 9.17) is 4.74 Å². The van der Waals surface area contributed by atoms with Gasteiger partial charge in [-0.2, -0.15) is 5.10 Å². The summed E-state index contributed by atoms with van der Waals surface area (Å²) in [4.78, 5) is 24.0. The molecule has 0 aliphatic rings. The Morgan fingerprint density at radius 2 is 2.04 bits per heavy atom. The van der Waals surface area contributed by atoms with Crippen molar-refractivity contribution < 1.29 is 18.7 Å². The number of halogens is 1. The van der Waals surface area contributed by atoms with Gasteiger partial charge in [0.15, 0.2) is 0 Å². The third-order valence-corrected chi connectivity index (χ3v) is 3.22. The van der Waals surface area contributed by atoms with Gasteiger partial charge in [-0.1, -0.05) is 12.1 Å². The van der Waals surface area contributed by atoms with Gasteiger partial charge in [-0.15, -0.1) is 0 Å². The van der Waals surface area contributed by atoms with Crippen LogP contribution >= 0.6 is 0 Å². The summed E-state index contributed by atoms with van der Waals surface area (Å²) in [5.41, 5.74) is 1.00. The molecular formula is C16H18FN3O3. The minimum Gasteiger partial charge on any atom is -0.466 e. The number of nitrogens with zero attached hydrogens (tertiary/aromatic N) is 2. The van der Waals surface area contributed by atoms with E-state index in [2.05, 4.69) is 10.4 Å². The Labute approximate surface area is 133 Å². The zero-order chi connectivity index (χ0) is 16.8. The van der Waals surface area contributed by atoms with E-state index in [1.807, 2.05) is 0 Å². The number of benzene rings is 1. The third kappa shape index (κ3) is 4.64. The number of nitrogens with one attached hydrogen (secondary N) is 1. The molecule has 0 saturated heterocycles. The van der Waals surface area contributed by atoms with Crippen LogP contribution in [0.25, 0.3) is 0 Å². The molecule has 0 spiro atoms. The predicted octanol–water partition coefficient (Wildman–Crippen LogP) is 1.98. The molecule has 0 saturated carbocycles. The highest BCUT2D eigenvalue weighted by Crippen LogP contribution is 2.19. The van der Waals surface area contributed by atoms with Gasteiger partial charge >= 0.3 is 5.97 Å². The van der Waals surface area contributed by atoms with Crippen LogP contribution in [0.2, 0.25) is 0 Å². The van der Waals surface area contributed by atoms with Crippen LogP contribution in [0.3, 0.4) is 0 Å². The van der Waals surface area contributed by atoms with Gasteiger partial charge < -0.3 is 10.1 Å². The Morgan fingerprint density at radius 3 is 2.61 bits per heavy atom. The number of ether oxygens (including phenoxy) is 1. The lowest BCUT2D eigenvalue weighted by atomic mass is 10.0. The van der Waals surface area contributed by atoms with Crippen molar-refractivity contribution in [2.24, 2.45) is 7.05 Å². The molecule has 6 nitrogen and oxygen atoms in total. The van der Waals surface area contributed by atoms with Crippen LogP contribution < -0.4 is 5.32 Å². The van der Waals surface area contributed by atoms with Crippen molar-refractivity contribution in [3.63, 3.8) is 0 Å². The zero-order valence-electron chi connectivity index (χ0n) is 13.0. The molecule has 2 rings (SSSR count). The van der Waals surface area contributed by atoms with Crippen molar-refractivity contribution in [3.05, 3.63) is 53.6 Å². The fraction of sp³-hybridized carbons (Fsp3) is 0.312. The number of aryl methyl sites for hydroxylation is 1. The lowest BCUT2D eigenvalue weighted by Crippen LogP contribution is -2.30. The van der Waals surface area contributed by atoms with E-state index < -0.39 is 12.0 Å². The van der Waals surface area contributed by atoms with Gasteiger partial charge in [-0.25, -0.2) is 4.39 Å². The van der Waals surface area contributed by atoms with E-state index in [1.165, 1.54) is 35.1 Å². The quantitative estimate of drug-likeness (QED) is 0.826. The highest BCUT2D eigenvalue weighted by molar-refractivity contribution is 5.94. The summed E-state index contributed by atoms with van der Waals surface area (Å²) >= 11 is 0. The van der Waals surface area contributed by atoms with Gasteiger partial charge in [-0.3, -0.25) is 14.3 Å². The summed E-state index contributed by atoms with van der Waals surface area (Å²) in [6.07, 6.45) is 2.97. The van der Waals surface area contributed by atoms with Gasteiger partial charge in [0.1, 0.15) is 5.82 Å². The fourth-order valence-corrected chi connectivity index (χ4v) is 2.11. The van der Waals surface area contributed by atoms with E-state index in [9.17, 15) is 14.0 Å². The molecular weight excluding hydrogens is 301 g/mol. The number of aromatic nitrogens is 2. The summed E-state index contributed by atoms with van der Waals surface area (Å²) in [5.74, 6) is -1.19. The average molecular weight is 319 g/mol. The predicted molar refractivity (Wildman–Crippen MR) is 81.1 cm³/mol. The monoisotopic (exact) mass is 319 g/mol. The largest absolute Gasteiger partial charge is 0.466 e. The van der Waals surface area contributed by atoms with Crippen LogP contribution in [-0.4, -0.2) is 28.3 Å². The minimum atomic E-state index is -0.609. The Hall–Kier alpha value is -2.70. The van der Waals surface area contributed by atoms with Crippen LogP contribution in [-0.2, 0) is 16.6 Å². The Bertz CT molecular complexity index is 682. The molecule has 0 aliphatic carbocycles. The molecule has 0 aliphatic heterocycles. The number of carbonyl (C=O) groups excluding carboxylic acids is 2. The van der Waals surface area contributed by atoms with Crippen molar-refractivity contribution in [2.75, 3.05) is 6.61 Å². The lowest BCUT2D eigenvalue weighted by Gasteiger charge is -2.18. The lowest BCUT2D eigenvalue weighted by molar-refractivity contribution is -0.143. The Morgan fingerprint density at radius 1 is 1.35 bits per heavy atom. The van der Waals surface area contributed by atoms with Gasteiger partial charge in [-0.05, 0) is 24.6 Å². The summed E-state index contributed by atoms with van der Waals surface area (Å²) < 4.78 is 19.5. The Balaban J connectivity index is 2.17. The Kier molecular flexibility index (Phi) is 5.46. The number of hydrogen-bond acceptors (Lipinski definition) is 4. The first-order valence-electron chi connectivity index (χ1n) is 7.20. The first kappa shape index (κ1) is 16.7. The van der Waals surface area contributed by atoms with Crippen molar-refractivity contribution >= 4 is 11.9 Å². The normalized spacial score (nSPS) is 11.8. The highest BCUT2D eigenvalue weighted by Gasteiger charge is 2.20. The van der Waals surface area contributed by atoms with E-state index in [-0.39, 0.29) is 24.8 Å². The van der Waals surface area contributed by atoms with Gasteiger partial charge in [0.25, 0.3) is 5.91 Å². The SMILES string of the molecule is CCOC(=O)C[C@@H](NC(=O)c1cnn(C)c1)c1ccc(F)cc1. The summed E-state index contributed by atoms with van der Waals surface area (Å²) in [7, 11) is 1.70. The molecule has 0 fully saturated rings. The summed E-state index contributed by atoms with van der Waals surface area (Å²) in [6.45, 7) is 1.96. The van der Waals surface area contributed by atoms with Crippen LogP contribution in [0, 0.1) is 5.82 Å². The molecule has 1 aromatic heterocycles. The maximum Gasteiger partial charge on any atom is 0.308 e. The van der Waals surface area contributed by atoms with Crippen molar-refractivity contribution in [3.8, 4) is 0 Å². The summed E-state index contributed by atoms with van der Waals surface area (Å²) in [6, 6.07) is 5.02. The van der Waals surface area contributed by atoms with Crippen LogP contribution in [0.1, 0.15) is 35.3 Å². The molecule has 1 N–H and O–H groups in total.